The first-order valence-electron chi connectivity index (χ1n) is 19.2. The monoisotopic (exact) mass is 728 g/mol. The van der Waals surface area contributed by atoms with Gasteiger partial charge in [-0.05, 0) is 66.7 Å². The molecule has 5 heteroatoms. The highest BCUT2D eigenvalue weighted by atomic mass is 16.3. The van der Waals surface area contributed by atoms with Gasteiger partial charge in [-0.25, -0.2) is 9.97 Å². The van der Waals surface area contributed by atoms with Crippen LogP contribution in [0.5, 0.6) is 0 Å². The van der Waals surface area contributed by atoms with Crippen molar-refractivity contribution in [1.29, 1.82) is 0 Å². The highest BCUT2D eigenvalue weighted by molar-refractivity contribution is 6.26. The summed E-state index contributed by atoms with van der Waals surface area (Å²) in [6.07, 6.45) is 0. The van der Waals surface area contributed by atoms with Crippen LogP contribution in [-0.4, -0.2) is 19.1 Å². The zero-order valence-corrected chi connectivity index (χ0v) is 30.7. The molecule has 57 heavy (non-hydrogen) atoms. The third-order valence-corrected chi connectivity index (χ3v) is 11.3. The molecule has 5 nitrogen and oxygen atoms in total. The number of benzene rings is 8. The van der Waals surface area contributed by atoms with Crippen molar-refractivity contribution in [2.24, 2.45) is 0 Å². The highest BCUT2D eigenvalue weighted by Gasteiger charge is 2.22. The Bertz CT molecular complexity index is 3450. The van der Waals surface area contributed by atoms with Gasteiger partial charge in [0.25, 0.3) is 0 Å². The second-order valence-electron chi connectivity index (χ2n) is 14.6. The fraction of sp³-hybridized carbons (Fsp3) is 0. The fourth-order valence-electron chi connectivity index (χ4n) is 8.75. The highest BCUT2D eigenvalue weighted by Crippen LogP contribution is 2.44. The van der Waals surface area contributed by atoms with Gasteiger partial charge in [0.1, 0.15) is 11.2 Å². The fourth-order valence-corrected chi connectivity index (χ4v) is 8.75. The van der Waals surface area contributed by atoms with E-state index in [4.69, 9.17) is 14.4 Å². The lowest BCUT2D eigenvalue weighted by molar-refractivity contribution is 0.673. The van der Waals surface area contributed by atoms with E-state index in [1.54, 1.807) is 0 Å². The second kappa shape index (κ2) is 12.4. The van der Waals surface area contributed by atoms with E-state index in [0.717, 1.165) is 94.2 Å². The smallest absolute Gasteiger partial charge is 0.160 e. The number of hydrogen-bond donors (Lipinski definition) is 0. The molecule has 0 unspecified atom stereocenters. The van der Waals surface area contributed by atoms with Crippen molar-refractivity contribution >= 4 is 65.6 Å². The topological polar surface area (TPSA) is 48.8 Å². The summed E-state index contributed by atoms with van der Waals surface area (Å²) in [6, 6.07) is 68.2. The maximum absolute atomic E-state index is 6.72. The van der Waals surface area contributed by atoms with Crippen molar-refractivity contribution in [2.75, 3.05) is 0 Å². The Labute approximate surface area is 327 Å². The summed E-state index contributed by atoms with van der Waals surface area (Å²) in [5.41, 5.74) is 13.2. The quantitative estimate of drug-likeness (QED) is 0.177. The minimum absolute atomic E-state index is 0.679. The third kappa shape index (κ3) is 4.89. The Hall–Kier alpha value is -7.76. The van der Waals surface area contributed by atoms with Crippen LogP contribution in [0.3, 0.4) is 0 Å². The van der Waals surface area contributed by atoms with Crippen LogP contribution in [0, 0.1) is 0 Å². The van der Waals surface area contributed by atoms with Gasteiger partial charge < -0.3 is 13.6 Å². The number of para-hydroxylation sites is 3. The average molecular weight is 729 g/mol. The lowest BCUT2D eigenvalue weighted by atomic mass is 10.1. The SMILES string of the molecule is c1ccc(-c2cc(-c3ccccc3)nc(-c3cccc(-n4c5ccccc5c5cc6c(cc54)c4c5oc7ccccc7c5ccc4n6-c4ccccc4)c3)n2)cc1. The van der Waals surface area contributed by atoms with Gasteiger partial charge in [0, 0.05) is 55.0 Å². The molecule has 0 aliphatic carbocycles. The molecule has 0 atom stereocenters. The molecule has 4 aromatic heterocycles. The first-order chi connectivity index (χ1) is 28.3. The van der Waals surface area contributed by atoms with E-state index in [2.05, 4.69) is 185 Å². The summed E-state index contributed by atoms with van der Waals surface area (Å²) in [5.74, 6) is 0.679. The largest absolute Gasteiger partial charge is 0.455 e. The molecule has 0 bridgehead atoms. The predicted molar refractivity (Wildman–Crippen MR) is 234 cm³/mol. The summed E-state index contributed by atoms with van der Waals surface area (Å²) in [6.45, 7) is 0. The first-order valence-corrected chi connectivity index (χ1v) is 19.2. The van der Waals surface area contributed by atoms with E-state index in [1.165, 1.54) is 10.8 Å². The lowest BCUT2D eigenvalue weighted by Crippen LogP contribution is -1.98. The lowest BCUT2D eigenvalue weighted by Gasteiger charge is -2.12. The van der Waals surface area contributed by atoms with Gasteiger partial charge in [0.15, 0.2) is 5.82 Å². The minimum atomic E-state index is 0.679. The third-order valence-electron chi connectivity index (χ3n) is 11.3. The number of furan rings is 1. The van der Waals surface area contributed by atoms with E-state index in [1.807, 2.05) is 18.2 Å². The van der Waals surface area contributed by atoms with Gasteiger partial charge in [-0.15, -0.1) is 0 Å². The molecule has 0 saturated heterocycles. The van der Waals surface area contributed by atoms with Crippen molar-refractivity contribution in [2.45, 2.75) is 0 Å². The van der Waals surface area contributed by atoms with Gasteiger partial charge in [0.2, 0.25) is 0 Å². The van der Waals surface area contributed by atoms with Crippen LogP contribution in [0.2, 0.25) is 0 Å². The Morgan fingerprint density at radius 2 is 0.930 bits per heavy atom. The molecular formula is C52H32N4O. The second-order valence-corrected chi connectivity index (χ2v) is 14.6. The predicted octanol–water partition coefficient (Wildman–Crippen LogP) is 13.6. The molecule has 0 aliphatic rings. The van der Waals surface area contributed by atoms with E-state index in [9.17, 15) is 0 Å². The van der Waals surface area contributed by atoms with Gasteiger partial charge >= 0.3 is 0 Å². The summed E-state index contributed by atoms with van der Waals surface area (Å²) in [4.78, 5) is 10.3. The molecule has 0 amide bonds. The van der Waals surface area contributed by atoms with Crippen LogP contribution in [0.15, 0.2) is 199 Å². The van der Waals surface area contributed by atoms with E-state index >= 15 is 0 Å². The molecule has 12 rings (SSSR count). The van der Waals surface area contributed by atoms with Crippen LogP contribution in [0.4, 0.5) is 0 Å². The normalized spacial score (nSPS) is 11.9. The van der Waals surface area contributed by atoms with Crippen LogP contribution in [0.1, 0.15) is 0 Å². The van der Waals surface area contributed by atoms with E-state index < -0.39 is 0 Å². The number of aromatic nitrogens is 4. The van der Waals surface area contributed by atoms with E-state index in [0.29, 0.717) is 5.82 Å². The molecule has 0 radical (unpaired) electrons. The maximum Gasteiger partial charge on any atom is 0.160 e. The van der Waals surface area contributed by atoms with Crippen molar-refractivity contribution in [1.82, 2.24) is 19.1 Å². The van der Waals surface area contributed by atoms with Crippen molar-refractivity contribution in [3.8, 4) is 45.3 Å². The molecule has 0 aliphatic heterocycles. The van der Waals surface area contributed by atoms with Crippen molar-refractivity contribution in [3.63, 3.8) is 0 Å². The Morgan fingerprint density at radius 1 is 0.351 bits per heavy atom. The zero-order chi connectivity index (χ0) is 37.5. The molecule has 8 aromatic carbocycles. The summed E-state index contributed by atoms with van der Waals surface area (Å²) in [5, 5.41) is 6.85. The molecule has 266 valence electrons. The van der Waals surface area contributed by atoms with Crippen molar-refractivity contribution < 1.29 is 4.42 Å². The Morgan fingerprint density at radius 3 is 1.68 bits per heavy atom. The molecule has 0 saturated carbocycles. The molecule has 12 aromatic rings. The first kappa shape index (κ1) is 31.6. The maximum atomic E-state index is 6.72. The summed E-state index contributed by atoms with van der Waals surface area (Å²) >= 11 is 0. The Kier molecular flexibility index (Phi) is 6.86. The van der Waals surface area contributed by atoms with Gasteiger partial charge in [0.05, 0.1) is 38.8 Å². The standard InChI is InChI=1S/C52H32N4O/c1-4-15-33(16-5-1)43-32-44(34-17-6-2-7-18-34)54-52(53-43)35-19-14-22-37(29-35)56-45-25-12-10-23-38(45)41-30-48-42(31-47(41)56)50-46(55(48)36-20-8-3-9-21-36)28-27-40-39-24-11-13-26-49(39)57-51(40)50/h1-32H. The number of rotatable bonds is 5. The molecule has 0 N–H and O–H groups in total. The average Bonchev–Trinajstić information content (AvgIpc) is 3.93. The molecule has 0 spiro atoms. The number of fused-ring (bicyclic) bond motifs is 10. The summed E-state index contributed by atoms with van der Waals surface area (Å²) in [7, 11) is 0. The van der Waals surface area contributed by atoms with Gasteiger partial charge in [-0.1, -0.05) is 127 Å². The van der Waals surface area contributed by atoms with Crippen LogP contribution in [-0.2, 0) is 0 Å². The zero-order valence-electron chi connectivity index (χ0n) is 30.7. The van der Waals surface area contributed by atoms with E-state index in [-0.39, 0.29) is 0 Å². The van der Waals surface area contributed by atoms with Crippen LogP contribution in [0.25, 0.3) is 111 Å². The molecule has 0 fully saturated rings. The van der Waals surface area contributed by atoms with Gasteiger partial charge in [-0.3, -0.25) is 0 Å². The van der Waals surface area contributed by atoms with Crippen molar-refractivity contribution in [3.05, 3.63) is 194 Å². The van der Waals surface area contributed by atoms with Crippen LogP contribution >= 0.6 is 0 Å². The number of nitrogens with zero attached hydrogens (tertiary/aromatic N) is 4. The molecule has 4 heterocycles. The number of hydrogen-bond acceptors (Lipinski definition) is 3. The van der Waals surface area contributed by atoms with Gasteiger partial charge in [-0.2, -0.15) is 0 Å². The van der Waals surface area contributed by atoms with Crippen LogP contribution < -0.4 is 0 Å². The Balaban J connectivity index is 1.13. The minimum Gasteiger partial charge on any atom is -0.455 e. The molecular weight excluding hydrogens is 697 g/mol. The summed E-state index contributed by atoms with van der Waals surface area (Å²) < 4.78 is 11.5.